The number of piperazine rings is 1. The minimum absolute atomic E-state index is 0.646. The minimum Gasteiger partial charge on any atom is -0.354 e. The van der Waals surface area contributed by atoms with Gasteiger partial charge in [-0.05, 0) is 48.7 Å². The first-order valence-corrected chi connectivity index (χ1v) is 9.86. The van der Waals surface area contributed by atoms with Crippen LogP contribution in [0.3, 0.4) is 0 Å². The smallest absolute Gasteiger partial charge is 0.229 e. The molecule has 1 N–H and O–H groups in total. The molecule has 4 rings (SSSR count). The number of aromatic nitrogens is 2. The normalized spacial score (nSPS) is 14.9. The summed E-state index contributed by atoms with van der Waals surface area (Å²) in [5.41, 5.74) is 4.94. The van der Waals surface area contributed by atoms with Crippen molar-refractivity contribution in [3.8, 4) is 0 Å². The zero-order valence-corrected chi connectivity index (χ0v) is 16.6. The lowest BCUT2D eigenvalue weighted by Gasteiger charge is -2.35. The van der Waals surface area contributed by atoms with Gasteiger partial charge in [0.1, 0.15) is 5.82 Å². The van der Waals surface area contributed by atoms with E-state index in [-0.39, 0.29) is 0 Å². The van der Waals surface area contributed by atoms with Crippen molar-refractivity contribution >= 4 is 17.5 Å². The fourth-order valence-electron chi connectivity index (χ4n) is 3.51. The molecule has 144 valence electrons. The Morgan fingerprint density at radius 3 is 2.43 bits per heavy atom. The van der Waals surface area contributed by atoms with E-state index in [1.54, 1.807) is 0 Å². The first kappa shape index (κ1) is 18.4. The average molecular weight is 374 g/mol. The van der Waals surface area contributed by atoms with Crippen LogP contribution >= 0.6 is 0 Å². The maximum absolute atomic E-state index is 4.74. The molecule has 1 saturated heterocycles. The molecule has 2 aromatic carbocycles. The van der Waals surface area contributed by atoms with E-state index in [1.807, 2.05) is 12.3 Å². The molecule has 0 unspecified atom stereocenters. The lowest BCUT2D eigenvalue weighted by Crippen LogP contribution is -2.46. The Balaban J connectivity index is 1.37. The second-order valence-electron chi connectivity index (χ2n) is 7.41. The Morgan fingerprint density at radius 1 is 0.893 bits per heavy atom. The maximum atomic E-state index is 4.74. The van der Waals surface area contributed by atoms with Crippen LogP contribution < -0.4 is 10.2 Å². The highest BCUT2D eigenvalue weighted by molar-refractivity contribution is 5.57. The molecule has 3 aromatic rings. The van der Waals surface area contributed by atoms with Crippen LogP contribution in [0.2, 0.25) is 0 Å². The molecule has 0 aliphatic carbocycles. The van der Waals surface area contributed by atoms with Crippen molar-refractivity contribution in [2.45, 2.75) is 20.4 Å². The van der Waals surface area contributed by atoms with Crippen LogP contribution in [0.1, 0.15) is 16.7 Å². The SMILES string of the molecule is Cc1ccc(Nc2nccc(N3CCN(Cc4ccccc4)CC3)n2)cc1C. The van der Waals surface area contributed by atoms with Gasteiger partial charge in [0.25, 0.3) is 0 Å². The summed E-state index contributed by atoms with van der Waals surface area (Å²) in [5.74, 6) is 1.63. The van der Waals surface area contributed by atoms with Gasteiger partial charge < -0.3 is 10.2 Å². The van der Waals surface area contributed by atoms with E-state index in [1.165, 1.54) is 16.7 Å². The van der Waals surface area contributed by atoms with E-state index in [4.69, 9.17) is 4.98 Å². The summed E-state index contributed by atoms with van der Waals surface area (Å²) in [6.45, 7) is 9.29. The topological polar surface area (TPSA) is 44.3 Å². The highest BCUT2D eigenvalue weighted by atomic mass is 15.3. The summed E-state index contributed by atoms with van der Waals surface area (Å²) in [5, 5.41) is 3.33. The highest BCUT2D eigenvalue weighted by Crippen LogP contribution is 2.20. The fraction of sp³-hybridized carbons (Fsp3) is 0.304. The van der Waals surface area contributed by atoms with Gasteiger partial charge in [0.05, 0.1) is 0 Å². The number of aryl methyl sites for hydroxylation is 2. The number of hydrogen-bond donors (Lipinski definition) is 1. The molecule has 0 atom stereocenters. The molecular formula is C23H27N5. The van der Waals surface area contributed by atoms with E-state index in [2.05, 4.69) is 82.5 Å². The molecule has 0 spiro atoms. The molecule has 0 bridgehead atoms. The highest BCUT2D eigenvalue weighted by Gasteiger charge is 2.18. The largest absolute Gasteiger partial charge is 0.354 e. The van der Waals surface area contributed by atoms with E-state index in [9.17, 15) is 0 Å². The third kappa shape index (κ3) is 4.49. The maximum Gasteiger partial charge on any atom is 0.229 e. The molecule has 1 fully saturated rings. The van der Waals surface area contributed by atoms with Crippen LogP contribution in [0, 0.1) is 13.8 Å². The molecule has 1 aromatic heterocycles. The Hall–Kier alpha value is -2.92. The Morgan fingerprint density at radius 2 is 1.68 bits per heavy atom. The standard InChI is InChI=1S/C23H27N5/c1-18-8-9-21(16-19(18)2)25-23-24-11-10-22(26-23)28-14-12-27(13-15-28)17-20-6-4-3-5-7-20/h3-11,16H,12-15,17H2,1-2H3,(H,24,25,26). The monoisotopic (exact) mass is 373 g/mol. The van der Waals surface area contributed by atoms with Crippen LogP contribution in [0.25, 0.3) is 0 Å². The predicted octanol–water partition coefficient (Wildman–Crippen LogP) is 4.16. The molecule has 0 amide bonds. The van der Waals surface area contributed by atoms with E-state index in [0.717, 1.165) is 44.2 Å². The second-order valence-corrected chi connectivity index (χ2v) is 7.41. The van der Waals surface area contributed by atoms with Gasteiger partial charge in [-0.15, -0.1) is 0 Å². The quantitative estimate of drug-likeness (QED) is 0.727. The first-order valence-electron chi connectivity index (χ1n) is 9.86. The van der Waals surface area contributed by atoms with Crippen molar-refractivity contribution in [2.75, 3.05) is 36.4 Å². The van der Waals surface area contributed by atoms with Gasteiger partial charge >= 0.3 is 0 Å². The second kappa shape index (κ2) is 8.40. The molecule has 1 aliphatic heterocycles. The van der Waals surface area contributed by atoms with Gasteiger partial charge in [-0.1, -0.05) is 36.4 Å². The van der Waals surface area contributed by atoms with Crippen LogP contribution in [0.4, 0.5) is 17.5 Å². The van der Waals surface area contributed by atoms with E-state index in [0.29, 0.717) is 5.95 Å². The number of hydrogen-bond acceptors (Lipinski definition) is 5. The fourth-order valence-corrected chi connectivity index (χ4v) is 3.51. The minimum atomic E-state index is 0.646. The molecule has 0 radical (unpaired) electrons. The number of rotatable bonds is 5. The zero-order chi connectivity index (χ0) is 19.3. The Bertz CT molecular complexity index is 917. The van der Waals surface area contributed by atoms with Gasteiger partial charge in [0.2, 0.25) is 5.95 Å². The van der Waals surface area contributed by atoms with E-state index < -0.39 is 0 Å². The van der Waals surface area contributed by atoms with Crippen molar-refractivity contribution < 1.29 is 0 Å². The van der Waals surface area contributed by atoms with Crippen molar-refractivity contribution in [3.63, 3.8) is 0 Å². The summed E-state index contributed by atoms with van der Waals surface area (Å²) in [7, 11) is 0. The van der Waals surface area contributed by atoms with Crippen LogP contribution in [-0.2, 0) is 6.54 Å². The predicted molar refractivity (Wildman–Crippen MR) is 115 cm³/mol. The number of benzene rings is 2. The van der Waals surface area contributed by atoms with Gasteiger partial charge in [0.15, 0.2) is 0 Å². The van der Waals surface area contributed by atoms with Crippen molar-refractivity contribution in [1.82, 2.24) is 14.9 Å². The Kier molecular flexibility index (Phi) is 5.53. The molecule has 28 heavy (non-hydrogen) atoms. The van der Waals surface area contributed by atoms with Crippen molar-refractivity contribution in [2.24, 2.45) is 0 Å². The lowest BCUT2D eigenvalue weighted by atomic mass is 10.1. The average Bonchev–Trinajstić information content (AvgIpc) is 2.72. The number of nitrogens with one attached hydrogen (secondary N) is 1. The first-order chi connectivity index (χ1) is 13.7. The summed E-state index contributed by atoms with van der Waals surface area (Å²) >= 11 is 0. The molecule has 0 saturated carbocycles. The summed E-state index contributed by atoms with van der Waals surface area (Å²) in [6.07, 6.45) is 1.84. The molecule has 5 heteroatoms. The summed E-state index contributed by atoms with van der Waals surface area (Å²) in [4.78, 5) is 14.0. The van der Waals surface area contributed by atoms with Crippen molar-refractivity contribution in [1.29, 1.82) is 0 Å². The molecule has 1 aliphatic rings. The van der Waals surface area contributed by atoms with E-state index >= 15 is 0 Å². The lowest BCUT2D eigenvalue weighted by molar-refractivity contribution is 0.249. The Labute approximate surface area is 167 Å². The summed E-state index contributed by atoms with van der Waals surface area (Å²) < 4.78 is 0. The molecule has 2 heterocycles. The number of nitrogens with zero attached hydrogens (tertiary/aromatic N) is 4. The van der Waals surface area contributed by atoms with Gasteiger partial charge in [0, 0.05) is 44.6 Å². The third-order valence-corrected chi connectivity index (χ3v) is 5.35. The van der Waals surface area contributed by atoms with Crippen LogP contribution in [0.15, 0.2) is 60.8 Å². The summed E-state index contributed by atoms with van der Waals surface area (Å²) in [6, 6.07) is 19.0. The van der Waals surface area contributed by atoms with Crippen LogP contribution in [-0.4, -0.2) is 41.0 Å². The van der Waals surface area contributed by atoms with Gasteiger partial charge in [-0.25, -0.2) is 4.98 Å². The van der Waals surface area contributed by atoms with Gasteiger partial charge in [-0.2, -0.15) is 4.98 Å². The molecular weight excluding hydrogens is 346 g/mol. The third-order valence-electron chi connectivity index (χ3n) is 5.35. The zero-order valence-electron chi connectivity index (χ0n) is 16.6. The number of anilines is 3. The molecule has 5 nitrogen and oxygen atoms in total. The van der Waals surface area contributed by atoms with Crippen LogP contribution in [0.5, 0.6) is 0 Å². The van der Waals surface area contributed by atoms with Crippen molar-refractivity contribution in [3.05, 3.63) is 77.5 Å². The van der Waals surface area contributed by atoms with Gasteiger partial charge in [-0.3, -0.25) is 4.90 Å².